The molecule has 7 nitrogen and oxygen atoms in total. The second-order valence-electron chi connectivity index (χ2n) is 6.16. The number of carbonyl (C=O) groups is 2. The lowest BCUT2D eigenvalue weighted by atomic mass is 10.1. The van der Waals surface area contributed by atoms with Gasteiger partial charge in [0.15, 0.2) is 0 Å². The molecule has 2 aliphatic rings. The Morgan fingerprint density at radius 1 is 1.36 bits per heavy atom. The summed E-state index contributed by atoms with van der Waals surface area (Å²) in [5, 5.41) is 1.45. The Morgan fingerprint density at radius 3 is 2.86 bits per heavy atom. The number of rotatable bonds is 2. The zero-order chi connectivity index (χ0) is 15.7. The van der Waals surface area contributed by atoms with Crippen LogP contribution in [0.5, 0.6) is 0 Å². The lowest BCUT2D eigenvalue weighted by molar-refractivity contribution is -0.201. The highest BCUT2D eigenvalue weighted by Crippen LogP contribution is 2.25. The van der Waals surface area contributed by atoms with Gasteiger partial charge in [0.05, 0.1) is 31.7 Å². The van der Waals surface area contributed by atoms with Crippen LogP contribution in [0.2, 0.25) is 0 Å². The van der Waals surface area contributed by atoms with Gasteiger partial charge in [-0.15, -0.1) is 0 Å². The Balaban J connectivity index is 1.83. The van der Waals surface area contributed by atoms with Gasteiger partial charge in [0.2, 0.25) is 5.91 Å². The Labute approximate surface area is 129 Å². The maximum atomic E-state index is 12.8. The monoisotopic (exact) mass is 306 g/mol. The standard InChI is InChI=1S/C15H22N4O3/c1-11(2)14(20)17-8-12-7-16-10-18(12)13(9-17)15(21)19-5-3-4-6-22-19/h7,10-11,13H,3-6,8-9H2,1-2H3/t13-/m1/s1. The van der Waals surface area contributed by atoms with Gasteiger partial charge in [0.25, 0.3) is 5.91 Å². The van der Waals surface area contributed by atoms with E-state index in [0.717, 1.165) is 18.5 Å². The number of hydrogen-bond donors (Lipinski definition) is 0. The zero-order valence-electron chi connectivity index (χ0n) is 13.1. The van der Waals surface area contributed by atoms with Gasteiger partial charge in [-0.05, 0) is 12.8 Å². The Bertz CT molecular complexity index is 563. The largest absolute Gasteiger partial charge is 0.334 e. The fraction of sp³-hybridized carbons (Fsp3) is 0.667. The Hall–Kier alpha value is -1.89. The van der Waals surface area contributed by atoms with Gasteiger partial charge < -0.3 is 9.47 Å². The van der Waals surface area contributed by atoms with Gasteiger partial charge in [-0.2, -0.15) is 0 Å². The summed E-state index contributed by atoms with van der Waals surface area (Å²) in [5.74, 6) is -0.124. The molecule has 0 unspecified atom stereocenters. The quantitative estimate of drug-likeness (QED) is 0.817. The van der Waals surface area contributed by atoms with Crippen LogP contribution in [0.25, 0.3) is 0 Å². The Kier molecular flexibility index (Phi) is 4.15. The first kappa shape index (κ1) is 15.0. The smallest absolute Gasteiger partial charge is 0.271 e. The highest BCUT2D eigenvalue weighted by atomic mass is 16.7. The van der Waals surface area contributed by atoms with Crippen molar-refractivity contribution in [1.82, 2.24) is 19.5 Å². The van der Waals surface area contributed by atoms with Gasteiger partial charge in [-0.25, -0.2) is 10.0 Å². The maximum absolute atomic E-state index is 12.8. The molecular formula is C15H22N4O3. The maximum Gasteiger partial charge on any atom is 0.271 e. The third-order valence-corrected chi connectivity index (χ3v) is 4.17. The third kappa shape index (κ3) is 2.72. The summed E-state index contributed by atoms with van der Waals surface area (Å²) in [4.78, 5) is 36.4. The number of aromatic nitrogens is 2. The van der Waals surface area contributed by atoms with Crippen LogP contribution in [0.4, 0.5) is 0 Å². The fourth-order valence-electron chi connectivity index (χ4n) is 2.96. The lowest BCUT2D eigenvalue weighted by Crippen LogP contribution is -2.49. The zero-order valence-corrected chi connectivity index (χ0v) is 13.1. The van der Waals surface area contributed by atoms with Crippen LogP contribution in [0.3, 0.4) is 0 Å². The molecule has 1 aromatic heterocycles. The molecule has 1 fully saturated rings. The van der Waals surface area contributed by atoms with E-state index in [0.29, 0.717) is 26.2 Å². The van der Waals surface area contributed by atoms with Crippen LogP contribution in [-0.2, 0) is 21.0 Å². The second kappa shape index (κ2) is 6.08. The van der Waals surface area contributed by atoms with Crippen LogP contribution in [-0.4, -0.2) is 51.0 Å². The first-order chi connectivity index (χ1) is 10.6. The molecule has 1 aromatic rings. The van der Waals surface area contributed by atoms with Crippen LogP contribution >= 0.6 is 0 Å². The molecule has 0 spiro atoms. The highest BCUT2D eigenvalue weighted by molar-refractivity contribution is 5.83. The SMILES string of the molecule is CC(C)C(=O)N1Cc2cncn2[C@@H](C(=O)N2CCCCO2)C1. The van der Waals surface area contributed by atoms with Crippen LogP contribution in [0.1, 0.15) is 38.4 Å². The summed E-state index contributed by atoms with van der Waals surface area (Å²) < 4.78 is 1.87. The van der Waals surface area contributed by atoms with E-state index in [1.54, 1.807) is 17.4 Å². The van der Waals surface area contributed by atoms with Gasteiger partial charge >= 0.3 is 0 Å². The molecule has 0 aliphatic carbocycles. The van der Waals surface area contributed by atoms with Crippen molar-refractivity contribution in [2.45, 2.75) is 39.3 Å². The molecule has 0 saturated carbocycles. The van der Waals surface area contributed by atoms with Crippen LogP contribution in [0, 0.1) is 5.92 Å². The van der Waals surface area contributed by atoms with E-state index in [1.807, 2.05) is 18.4 Å². The summed E-state index contributed by atoms with van der Waals surface area (Å²) in [6.45, 7) is 5.81. The summed E-state index contributed by atoms with van der Waals surface area (Å²) in [6, 6.07) is -0.452. The van der Waals surface area contributed by atoms with Crippen molar-refractivity contribution in [1.29, 1.82) is 0 Å². The van der Waals surface area contributed by atoms with Gasteiger partial charge in [0.1, 0.15) is 6.04 Å². The predicted octanol–water partition coefficient (Wildman–Crippen LogP) is 0.976. The molecule has 3 heterocycles. The minimum Gasteiger partial charge on any atom is -0.334 e. The van der Waals surface area contributed by atoms with E-state index in [4.69, 9.17) is 4.84 Å². The molecule has 3 rings (SSSR count). The summed E-state index contributed by atoms with van der Waals surface area (Å²) in [5.41, 5.74) is 0.885. The van der Waals surface area contributed by atoms with E-state index < -0.39 is 6.04 Å². The van der Waals surface area contributed by atoms with Crippen molar-refractivity contribution in [2.75, 3.05) is 19.7 Å². The molecule has 2 amide bonds. The molecule has 0 bridgehead atoms. The molecule has 2 aliphatic heterocycles. The van der Waals surface area contributed by atoms with Gasteiger partial charge in [0, 0.05) is 18.7 Å². The first-order valence-corrected chi connectivity index (χ1v) is 7.81. The summed E-state index contributed by atoms with van der Waals surface area (Å²) in [6.07, 6.45) is 5.31. The van der Waals surface area contributed by atoms with Crippen molar-refractivity contribution in [3.8, 4) is 0 Å². The number of nitrogens with zero attached hydrogens (tertiary/aromatic N) is 4. The van der Waals surface area contributed by atoms with Crippen LogP contribution < -0.4 is 0 Å². The topological polar surface area (TPSA) is 67.7 Å². The van der Waals surface area contributed by atoms with E-state index in [-0.39, 0.29) is 17.7 Å². The second-order valence-corrected chi connectivity index (χ2v) is 6.16. The first-order valence-electron chi connectivity index (χ1n) is 7.81. The van der Waals surface area contributed by atoms with E-state index in [9.17, 15) is 9.59 Å². The minimum atomic E-state index is -0.452. The molecule has 0 aromatic carbocycles. The molecule has 1 atom stereocenters. The lowest BCUT2D eigenvalue weighted by Gasteiger charge is -2.37. The highest BCUT2D eigenvalue weighted by Gasteiger charge is 2.36. The number of hydroxylamine groups is 2. The van der Waals surface area contributed by atoms with E-state index in [2.05, 4.69) is 4.98 Å². The third-order valence-electron chi connectivity index (χ3n) is 4.17. The van der Waals surface area contributed by atoms with Gasteiger partial charge in [-0.3, -0.25) is 14.4 Å². The van der Waals surface area contributed by atoms with Gasteiger partial charge in [-0.1, -0.05) is 13.8 Å². The van der Waals surface area contributed by atoms with E-state index in [1.165, 1.54) is 5.06 Å². The van der Waals surface area contributed by atoms with Crippen molar-refractivity contribution >= 4 is 11.8 Å². The summed E-state index contributed by atoms with van der Waals surface area (Å²) >= 11 is 0. The van der Waals surface area contributed by atoms with Crippen molar-refractivity contribution in [3.63, 3.8) is 0 Å². The number of amides is 2. The number of carbonyl (C=O) groups excluding carboxylic acids is 2. The molecule has 0 radical (unpaired) electrons. The number of hydrogen-bond acceptors (Lipinski definition) is 4. The minimum absolute atomic E-state index is 0.0600. The molecule has 22 heavy (non-hydrogen) atoms. The fourth-order valence-corrected chi connectivity index (χ4v) is 2.96. The molecule has 1 saturated heterocycles. The predicted molar refractivity (Wildman–Crippen MR) is 78.4 cm³/mol. The van der Waals surface area contributed by atoms with Crippen molar-refractivity contribution in [2.24, 2.45) is 5.92 Å². The molecular weight excluding hydrogens is 284 g/mol. The molecule has 120 valence electrons. The Morgan fingerprint density at radius 2 is 2.18 bits per heavy atom. The average molecular weight is 306 g/mol. The normalized spacial score (nSPS) is 21.9. The number of imidazole rings is 1. The van der Waals surface area contributed by atoms with Crippen molar-refractivity contribution in [3.05, 3.63) is 18.2 Å². The van der Waals surface area contributed by atoms with Crippen LogP contribution in [0.15, 0.2) is 12.5 Å². The molecule has 0 N–H and O–H groups in total. The molecule has 7 heteroatoms. The number of fused-ring (bicyclic) bond motifs is 1. The average Bonchev–Trinajstić information content (AvgIpc) is 3.01. The summed E-state index contributed by atoms with van der Waals surface area (Å²) in [7, 11) is 0. The van der Waals surface area contributed by atoms with Crippen molar-refractivity contribution < 1.29 is 14.4 Å². The van der Waals surface area contributed by atoms with E-state index >= 15 is 0 Å².